The zero-order valence-corrected chi connectivity index (χ0v) is 28.6. The smallest absolute Gasteiger partial charge is 0.419 e. The van der Waals surface area contributed by atoms with Gasteiger partial charge < -0.3 is 24.3 Å². The quantitative estimate of drug-likeness (QED) is 0.265. The zero-order chi connectivity index (χ0) is 34.2. The van der Waals surface area contributed by atoms with Gasteiger partial charge in [-0.05, 0) is 88.4 Å². The molecule has 1 heterocycles. The third-order valence-electron chi connectivity index (χ3n) is 5.98. The number of alkyl carbamates (subject to hydrolysis) is 1. The number of carbonyl (C=O) groups is 4. The summed E-state index contributed by atoms with van der Waals surface area (Å²) in [7, 11) is 3.54. The summed E-state index contributed by atoms with van der Waals surface area (Å²) >= 11 is 0. The predicted octanol–water partition coefficient (Wildman–Crippen LogP) is 5.05. The Morgan fingerprint density at radius 1 is 0.844 bits per heavy atom. The highest BCUT2D eigenvalue weighted by atomic mass is 16.6. The van der Waals surface area contributed by atoms with Crippen molar-refractivity contribution in [2.45, 2.75) is 117 Å². The lowest BCUT2D eigenvalue weighted by atomic mass is 10.1. The molecule has 0 unspecified atom stereocenters. The Labute approximate surface area is 266 Å². The lowest BCUT2D eigenvalue weighted by molar-refractivity contribution is -0.157. The molecule has 12 nitrogen and oxygen atoms in total. The van der Waals surface area contributed by atoms with E-state index in [0.29, 0.717) is 11.5 Å². The molecule has 0 saturated carbocycles. The van der Waals surface area contributed by atoms with Crippen molar-refractivity contribution >= 4 is 24.1 Å². The highest BCUT2D eigenvalue weighted by molar-refractivity contribution is 5.82. The van der Waals surface area contributed by atoms with E-state index in [2.05, 4.69) is 10.3 Å². The molecule has 0 aliphatic heterocycles. The standard InChI is InChI=1S/C33H50N4O8/c1-31(2,3)43-27(38)24(35-29(40)44-32(4,5)6)19-23-20-37(30(41)45-33(7,8)9)26(34-23)18-17-25(36(10)11)28(39)42-21-22-15-13-12-14-16-22/h12-16,20,24-25H,17-19,21H2,1-11H3,(H,35,40)/t24-,25-/m0/s1. The Balaban J connectivity index is 2.34. The Kier molecular flexibility index (Phi) is 12.7. The topological polar surface area (TPSA) is 138 Å². The van der Waals surface area contributed by atoms with Crippen molar-refractivity contribution in [1.82, 2.24) is 19.8 Å². The van der Waals surface area contributed by atoms with Gasteiger partial charge in [0, 0.05) is 19.0 Å². The van der Waals surface area contributed by atoms with Crippen LogP contribution in [0.5, 0.6) is 0 Å². The minimum Gasteiger partial charge on any atom is -0.460 e. The van der Waals surface area contributed by atoms with Gasteiger partial charge in [0.05, 0.1) is 5.69 Å². The second-order valence-corrected chi connectivity index (χ2v) is 14.0. The van der Waals surface area contributed by atoms with Gasteiger partial charge in [-0.1, -0.05) is 30.3 Å². The van der Waals surface area contributed by atoms with Crippen molar-refractivity contribution in [2.75, 3.05) is 14.1 Å². The number of nitrogens with zero attached hydrogens (tertiary/aromatic N) is 3. The maximum atomic E-state index is 13.2. The van der Waals surface area contributed by atoms with Crippen LogP contribution in [-0.4, -0.2) is 81.6 Å². The van der Waals surface area contributed by atoms with E-state index in [1.165, 1.54) is 10.8 Å². The van der Waals surface area contributed by atoms with Gasteiger partial charge in [0.2, 0.25) is 0 Å². The second-order valence-electron chi connectivity index (χ2n) is 14.0. The Hall–Kier alpha value is -3.93. The number of esters is 2. The van der Waals surface area contributed by atoms with E-state index < -0.39 is 53.0 Å². The number of aryl methyl sites for hydroxylation is 1. The predicted molar refractivity (Wildman–Crippen MR) is 169 cm³/mol. The summed E-state index contributed by atoms with van der Waals surface area (Å²) < 4.78 is 23.4. The fourth-order valence-corrected chi connectivity index (χ4v) is 4.12. The number of hydrogen-bond donors (Lipinski definition) is 1. The Morgan fingerprint density at radius 2 is 1.42 bits per heavy atom. The van der Waals surface area contributed by atoms with Crippen LogP contribution in [0.1, 0.15) is 85.8 Å². The summed E-state index contributed by atoms with van der Waals surface area (Å²) in [5.74, 6) is -0.774. The normalized spacial score (nSPS) is 13.5. The molecule has 2 rings (SSSR count). The van der Waals surface area contributed by atoms with Gasteiger partial charge in [-0.2, -0.15) is 0 Å². The number of rotatable bonds is 11. The average Bonchev–Trinajstić information content (AvgIpc) is 3.27. The van der Waals surface area contributed by atoms with Crippen molar-refractivity contribution in [1.29, 1.82) is 0 Å². The maximum Gasteiger partial charge on any atom is 0.419 e. The first-order valence-electron chi connectivity index (χ1n) is 15.0. The Morgan fingerprint density at radius 3 is 1.96 bits per heavy atom. The van der Waals surface area contributed by atoms with Gasteiger partial charge in [-0.15, -0.1) is 0 Å². The van der Waals surface area contributed by atoms with E-state index in [1.807, 2.05) is 30.3 Å². The minimum atomic E-state index is -1.16. The third-order valence-corrected chi connectivity index (χ3v) is 5.98. The first kappa shape index (κ1) is 37.3. The van der Waals surface area contributed by atoms with Gasteiger partial charge in [0.15, 0.2) is 0 Å². The number of nitrogens with one attached hydrogen (secondary N) is 1. The minimum absolute atomic E-state index is 0.0901. The molecule has 2 aromatic rings. The summed E-state index contributed by atoms with van der Waals surface area (Å²) in [5, 5.41) is 2.58. The molecule has 12 heteroatoms. The van der Waals surface area contributed by atoms with Crippen molar-refractivity contribution < 1.29 is 38.1 Å². The number of amides is 1. The van der Waals surface area contributed by atoms with Crippen LogP contribution < -0.4 is 5.32 Å². The van der Waals surface area contributed by atoms with Crippen molar-refractivity contribution in [3.05, 3.63) is 53.6 Å². The number of imidazole rings is 1. The largest absolute Gasteiger partial charge is 0.460 e. The lowest BCUT2D eigenvalue weighted by Gasteiger charge is -2.26. The van der Waals surface area contributed by atoms with Gasteiger partial charge in [-0.3, -0.25) is 9.69 Å². The molecule has 0 fully saturated rings. The van der Waals surface area contributed by atoms with E-state index >= 15 is 0 Å². The fourth-order valence-electron chi connectivity index (χ4n) is 4.12. The zero-order valence-electron chi connectivity index (χ0n) is 28.6. The van der Waals surface area contributed by atoms with Crippen LogP contribution in [0.15, 0.2) is 36.5 Å². The van der Waals surface area contributed by atoms with Crippen LogP contribution in [0.3, 0.4) is 0 Å². The number of benzene rings is 1. The molecule has 0 saturated heterocycles. The molecule has 0 aliphatic rings. The molecule has 1 amide bonds. The molecule has 1 N–H and O–H groups in total. The summed E-state index contributed by atoms with van der Waals surface area (Å²) in [4.78, 5) is 58.4. The van der Waals surface area contributed by atoms with Gasteiger partial charge in [0.1, 0.15) is 41.3 Å². The second kappa shape index (κ2) is 15.4. The summed E-state index contributed by atoms with van der Waals surface area (Å²) in [6.45, 7) is 15.7. The lowest BCUT2D eigenvalue weighted by Crippen LogP contribution is -2.47. The van der Waals surface area contributed by atoms with Crippen LogP contribution >= 0.6 is 0 Å². The Bertz CT molecular complexity index is 1300. The van der Waals surface area contributed by atoms with Crippen LogP contribution in [0.4, 0.5) is 9.59 Å². The first-order valence-corrected chi connectivity index (χ1v) is 15.0. The molecule has 0 aliphatic carbocycles. The molecular weight excluding hydrogens is 580 g/mol. The van der Waals surface area contributed by atoms with E-state index in [9.17, 15) is 19.2 Å². The highest BCUT2D eigenvalue weighted by Crippen LogP contribution is 2.18. The molecule has 1 aromatic carbocycles. The number of hydrogen-bond acceptors (Lipinski definition) is 10. The monoisotopic (exact) mass is 630 g/mol. The molecule has 0 radical (unpaired) electrons. The van der Waals surface area contributed by atoms with Crippen molar-refractivity contribution in [3.8, 4) is 0 Å². The average molecular weight is 631 g/mol. The maximum absolute atomic E-state index is 13.2. The van der Waals surface area contributed by atoms with Crippen LogP contribution in [0, 0.1) is 0 Å². The van der Waals surface area contributed by atoms with Gasteiger partial charge in [-0.25, -0.2) is 23.9 Å². The van der Waals surface area contributed by atoms with Crippen LogP contribution in [-0.2, 0) is 48.0 Å². The summed E-state index contributed by atoms with van der Waals surface area (Å²) in [6, 6.07) is 7.60. The van der Waals surface area contributed by atoms with Crippen LogP contribution in [0.25, 0.3) is 0 Å². The van der Waals surface area contributed by atoms with E-state index in [4.69, 9.17) is 18.9 Å². The third kappa shape index (κ3) is 13.7. The number of carbonyl (C=O) groups excluding carboxylic acids is 4. The number of ether oxygens (including phenoxy) is 4. The molecule has 0 bridgehead atoms. The molecule has 1 aromatic heterocycles. The molecule has 2 atom stereocenters. The molecule has 0 spiro atoms. The number of likely N-dealkylation sites (N-methyl/N-ethyl adjacent to an activating group) is 1. The van der Waals surface area contributed by atoms with Gasteiger partial charge >= 0.3 is 24.1 Å². The summed E-state index contributed by atoms with van der Waals surface area (Å²) in [6.07, 6.45) is 0.402. The first-order chi connectivity index (χ1) is 20.6. The fraction of sp³-hybridized carbons (Fsp3) is 0.606. The SMILES string of the molecule is CN(C)[C@@H](CCc1nc(C[C@H](NC(=O)OC(C)(C)C)C(=O)OC(C)(C)C)cn1C(=O)OC(C)(C)C)C(=O)OCc1ccccc1. The molecular formula is C33H50N4O8. The number of aromatic nitrogens is 2. The van der Waals surface area contributed by atoms with Crippen molar-refractivity contribution in [3.63, 3.8) is 0 Å². The molecule has 45 heavy (non-hydrogen) atoms. The van der Waals surface area contributed by atoms with Crippen molar-refractivity contribution in [2.24, 2.45) is 0 Å². The summed E-state index contributed by atoms with van der Waals surface area (Å²) in [5.41, 5.74) is -1.20. The van der Waals surface area contributed by atoms with Gasteiger partial charge in [0.25, 0.3) is 0 Å². The van der Waals surface area contributed by atoms with Crippen LogP contribution in [0.2, 0.25) is 0 Å². The highest BCUT2D eigenvalue weighted by Gasteiger charge is 2.31. The van der Waals surface area contributed by atoms with E-state index in [0.717, 1.165) is 5.56 Å². The van der Waals surface area contributed by atoms with E-state index in [1.54, 1.807) is 81.3 Å². The van der Waals surface area contributed by atoms with E-state index in [-0.39, 0.29) is 25.9 Å². The molecule has 250 valence electrons.